The molecule has 1 heterocycles. The Morgan fingerprint density at radius 3 is 2.54 bits per heavy atom. The summed E-state index contributed by atoms with van der Waals surface area (Å²) >= 11 is 0. The van der Waals surface area contributed by atoms with Gasteiger partial charge < -0.3 is 10.5 Å². The Kier molecular flexibility index (Phi) is 2.69. The molecule has 1 aromatic rings. The first-order valence-electron chi connectivity index (χ1n) is 3.80. The third kappa shape index (κ3) is 2.08. The van der Waals surface area contributed by atoms with Crippen LogP contribution in [0.1, 0.15) is 11.4 Å². The fourth-order valence-electron chi connectivity index (χ4n) is 0.873. The highest BCUT2D eigenvalue weighted by Crippen LogP contribution is 2.12. The monoisotopic (exact) mass is 176 g/mol. The molecule has 0 aliphatic heterocycles. The molecule has 0 fully saturated rings. The van der Waals surface area contributed by atoms with E-state index in [1.807, 2.05) is 6.07 Å². The van der Waals surface area contributed by atoms with Gasteiger partial charge in [-0.2, -0.15) is 0 Å². The number of nitrogens with zero attached hydrogens (tertiary/aromatic N) is 1. The van der Waals surface area contributed by atoms with E-state index in [-0.39, 0.29) is 0 Å². The highest BCUT2D eigenvalue weighted by atomic mass is 16.5. The summed E-state index contributed by atoms with van der Waals surface area (Å²) in [6.45, 7) is 7.29. The number of methoxy groups -OCH3 is 1. The molecule has 0 spiro atoms. The van der Waals surface area contributed by atoms with E-state index in [0.29, 0.717) is 22.8 Å². The van der Waals surface area contributed by atoms with Crippen LogP contribution in [0, 0.1) is 0 Å². The third-order valence-corrected chi connectivity index (χ3v) is 1.61. The van der Waals surface area contributed by atoms with Gasteiger partial charge in [-0.1, -0.05) is 19.2 Å². The molecular weight excluding hydrogens is 164 g/mol. The van der Waals surface area contributed by atoms with E-state index < -0.39 is 0 Å². The highest BCUT2D eigenvalue weighted by molar-refractivity contribution is 5.60. The minimum absolute atomic E-state index is 0.436. The van der Waals surface area contributed by atoms with E-state index in [2.05, 4.69) is 18.1 Å². The maximum Gasteiger partial charge on any atom is 0.137 e. The SMILES string of the molecule is C=C(N)c1cccc(C(=C)OC)n1. The van der Waals surface area contributed by atoms with Crippen LogP contribution in [0.3, 0.4) is 0 Å². The van der Waals surface area contributed by atoms with Crippen LogP contribution >= 0.6 is 0 Å². The van der Waals surface area contributed by atoms with Crippen LogP contribution in [0.4, 0.5) is 0 Å². The topological polar surface area (TPSA) is 48.1 Å². The average Bonchev–Trinajstić information content (AvgIpc) is 2.17. The van der Waals surface area contributed by atoms with Crippen molar-refractivity contribution in [3.8, 4) is 0 Å². The Morgan fingerprint density at radius 1 is 1.38 bits per heavy atom. The fourth-order valence-corrected chi connectivity index (χ4v) is 0.873. The molecule has 3 nitrogen and oxygen atoms in total. The lowest BCUT2D eigenvalue weighted by atomic mass is 10.2. The predicted molar refractivity (Wildman–Crippen MR) is 53.5 cm³/mol. The van der Waals surface area contributed by atoms with Gasteiger partial charge in [0.2, 0.25) is 0 Å². The summed E-state index contributed by atoms with van der Waals surface area (Å²) in [5, 5.41) is 0. The minimum atomic E-state index is 0.436. The lowest BCUT2D eigenvalue weighted by Gasteiger charge is -2.05. The Hall–Kier alpha value is -1.77. The van der Waals surface area contributed by atoms with Crippen molar-refractivity contribution < 1.29 is 4.74 Å². The second-order valence-electron chi connectivity index (χ2n) is 2.56. The molecule has 13 heavy (non-hydrogen) atoms. The molecule has 0 saturated carbocycles. The molecule has 0 amide bonds. The van der Waals surface area contributed by atoms with Crippen molar-refractivity contribution in [2.75, 3.05) is 7.11 Å². The average molecular weight is 176 g/mol. The largest absolute Gasteiger partial charge is 0.495 e. The number of nitrogens with two attached hydrogens (primary N) is 1. The van der Waals surface area contributed by atoms with Crippen molar-refractivity contribution in [3.63, 3.8) is 0 Å². The molecule has 0 atom stereocenters. The molecule has 0 bridgehead atoms. The standard InChI is InChI=1S/C10H12N2O/c1-7(11)9-5-4-6-10(12-9)8(2)13-3/h4-6H,1-2,11H2,3H3. The number of hydrogen-bond acceptors (Lipinski definition) is 3. The minimum Gasteiger partial charge on any atom is -0.495 e. The fraction of sp³-hybridized carbons (Fsp3) is 0.100. The molecule has 0 aromatic carbocycles. The van der Waals surface area contributed by atoms with E-state index in [4.69, 9.17) is 10.5 Å². The molecule has 68 valence electrons. The van der Waals surface area contributed by atoms with Crippen LogP contribution < -0.4 is 5.73 Å². The van der Waals surface area contributed by atoms with Crippen molar-refractivity contribution >= 4 is 11.5 Å². The summed E-state index contributed by atoms with van der Waals surface area (Å²) in [6, 6.07) is 5.42. The molecule has 1 rings (SSSR count). The number of hydrogen-bond donors (Lipinski definition) is 1. The van der Waals surface area contributed by atoms with Gasteiger partial charge in [-0.3, -0.25) is 0 Å². The van der Waals surface area contributed by atoms with Gasteiger partial charge in [-0.05, 0) is 12.1 Å². The quantitative estimate of drug-likeness (QED) is 0.712. The van der Waals surface area contributed by atoms with Gasteiger partial charge >= 0.3 is 0 Å². The molecular formula is C10H12N2O. The summed E-state index contributed by atoms with van der Waals surface area (Å²) in [5.41, 5.74) is 7.25. The summed E-state index contributed by atoms with van der Waals surface area (Å²) in [4.78, 5) is 4.19. The lowest BCUT2D eigenvalue weighted by molar-refractivity contribution is 0.369. The molecule has 3 heteroatoms. The summed E-state index contributed by atoms with van der Waals surface area (Å²) in [5.74, 6) is 0.517. The second kappa shape index (κ2) is 3.76. The Morgan fingerprint density at radius 2 is 2.00 bits per heavy atom. The zero-order chi connectivity index (χ0) is 9.84. The molecule has 0 aliphatic rings. The van der Waals surface area contributed by atoms with Crippen molar-refractivity contribution in [1.82, 2.24) is 4.98 Å². The van der Waals surface area contributed by atoms with E-state index in [1.54, 1.807) is 19.2 Å². The van der Waals surface area contributed by atoms with Crippen LogP contribution in [0.2, 0.25) is 0 Å². The van der Waals surface area contributed by atoms with Gasteiger partial charge in [0.25, 0.3) is 0 Å². The van der Waals surface area contributed by atoms with E-state index >= 15 is 0 Å². The second-order valence-corrected chi connectivity index (χ2v) is 2.56. The normalized spacial score (nSPS) is 9.31. The Bertz CT molecular complexity index is 345. The first-order chi connectivity index (χ1) is 6.15. The molecule has 0 unspecified atom stereocenters. The van der Waals surface area contributed by atoms with Crippen LogP contribution in [-0.2, 0) is 4.74 Å². The van der Waals surface area contributed by atoms with E-state index in [0.717, 1.165) is 0 Å². The number of ether oxygens (including phenoxy) is 1. The first-order valence-corrected chi connectivity index (χ1v) is 3.80. The predicted octanol–water partition coefficient (Wildman–Crippen LogP) is 1.63. The molecule has 1 aromatic heterocycles. The van der Waals surface area contributed by atoms with Crippen molar-refractivity contribution in [2.24, 2.45) is 5.73 Å². The molecule has 0 saturated heterocycles. The maximum atomic E-state index is 5.50. The maximum absolute atomic E-state index is 5.50. The smallest absolute Gasteiger partial charge is 0.137 e. The van der Waals surface area contributed by atoms with Gasteiger partial charge in [0.05, 0.1) is 18.5 Å². The highest BCUT2D eigenvalue weighted by Gasteiger charge is 2.01. The van der Waals surface area contributed by atoms with Gasteiger partial charge in [-0.25, -0.2) is 4.98 Å². The van der Waals surface area contributed by atoms with Crippen molar-refractivity contribution in [1.29, 1.82) is 0 Å². The summed E-state index contributed by atoms with van der Waals surface area (Å²) in [6.07, 6.45) is 0. The van der Waals surface area contributed by atoms with Crippen LogP contribution in [0.25, 0.3) is 11.5 Å². The number of pyridine rings is 1. The third-order valence-electron chi connectivity index (χ3n) is 1.61. The zero-order valence-electron chi connectivity index (χ0n) is 7.58. The first kappa shape index (κ1) is 9.32. The van der Waals surface area contributed by atoms with Crippen molar-refractivity contribution in [2.45, 2.75) is 0 Å². The van der Waals surface area contributed by atoms with Gasteiger partial charge in [0.1, 0.15) is 11.5 Å². The number of aromatic nitrogens is 1. The summed E-state index contributed by atoms with van der Waals surface area (Å²) in [7, 11) is 1.55. The Balaban J connectivity index is 3.05. The lowest BCUT2D eigenvalue weighted by Crippen LogP contribution is -1.99. The van der Waals surface area contributed by atoms with E-state index in [9.17, 15) is 0 Å². The zero-order valence-corrected chi connectivity index (χ0v) is 7.58. The Labute approximate surface area is 77.5 Å². The summed E-state index contributed by atoms with van der Waals surface area (Å²) < 4.78 is 4.94. The van der Waals surface area contributed by atoms with E-state index in [1.165, 1.54) is 0 Å². The molecule has 0 aliphatic carbocycles. The van der Waals surface area contributed by atoms with Gasteiger partial charge in [0.15, 0.2) is 0 Å². The van der Waals surface area contributed by atoms with Crippen LogP contribution in [-0.4, -0.2) is 12.1 Å². The van der Waals surface area contributed by atoms with Gasteiger partial charge in [0, 0.05) is 0 Å². The van der Waals surface area contributed by atoms with Crippen molar-refractivity contribution in [3.05, 3.63) is 42.7 Å². The number of rotatable bonds is 3. The molecule has 2 N–H and O–H groups in total. The van der Waals surface area contributed by atoms with Gasteiger partial charge in [-0.15, -0.1) is 0 Å². The van der Waals surface area contributed by atoms with Crippen LogP contribution in [0.5, 0.6) is 0 Å². The molecule has 0 radical (unpaired) electrons. The van der Waals surface area contributed by atoms with Crippen LogP contribution in [0.15, 0.2) is 31.4 Å².